The lowest BCUT2D eigenvalue weighted by Crippen LogP contribution is -1.94. The molecule has 0 amide bonds. The minimum Gasteiger partial charge on any atom is -0.405 e. The Morgan fingerprint density at radius 2 is 1.92 bits per heavy atom. The van der Waals surface area contributed by atoms with E-state index >= 15 is 0 Å². The topological polar surface area (TPSA) is 26.0 Å². The summed E-state index contributed by atoms with van der Waals surface area (Å²) >= 11 is 0. The van der Waals surface area contributed by atoms with E-state index in [1.54, 1.807) is 6.20 Å². The van der Waals surface area contributed by atoms with Gasteiger partial charge in [-0.1, -0.05) is 54.5 Å². The van der Waals surface area contributed by atoms with Crippen LogP contribution < -0.4 is 5.73 Å². The predicted molar refractivity (Wildman–Crippen MR) is 66.9 cm³/mol. The van der Waals surface area contributed by atoms with Crippen molar-refractivity contribution < 1.29 is 0 Å². The first kappa shape index (κ1) is 13.0. The van der Waals surface area contributed by atoms with Crippen molar-refractivity contribution >= 4 is 21.6 Å². The molecule has 1 atom stereocenters. The Morgan fingerprint density at radius 1 is 1.23 bits per heavy atom. The highest BCUT2D eigenvalue weighted by Crippen LogP contribution is 2.32. The third kappa shape index (κ3) is 8.31. The van der Waals surface area contributed by atoms with Crippen LogP contribution in [0.3, 0.4) is 0 Å². The van der Waals surface area contributed by atoms with E-state index in [-0.39, 0.29) is 0 Å². The van der Waals surface area contributed by atoms with Gasteiger partial charge in [0.1, 0.15) is 0 Å². The molecule has 0 aromatic rings. The lowest BCUT2D eigenvalue weighted by molar-refractivity contribution is 0.982. The maximum absolute atomic E-state index is 5.23. The summed E-state index contributed by atoms with van der Waals surface area (Å²) < 4.78 is 0. The Labute approximate surface area is 89.6 Å². The molecule has 0 aliphatic carbocycles. The van der Waals surface area contributed by atoms with Crippen LogP contribution in [0, 0.1) is 0 Å². The average molecular weight is 217 g/mol. The van der Waals surface area contributed by atoms with Gasteiger partial charge in [0, 0.05) is 10.5 Å². The largest absolute Gasteiger partial charge is 0.405 e. The van der Waals surface area contributed by atoms with Gasteiger partial charge in [-0.05, 0) is 18.7 Å². The van der Waals surface area contributed by atoms with Crippen LogP contribution in [0.25, 0.3) is 0 Å². The molecule has 1 unspecified atom stereocenters. The van der Waals surface area contributed by atoms with Crippen LogP contribution in [0.2, 0.25) is 0 Å². The van der Waals surface area contributed by atoms with Crippen LogP contribution in [-0.2, 0) is 0 Å². The van der Waals surface area contributed by atoms with E-state index in [0.717, 1.165) is 0 Å². The molecule has 0 aromatic heterocycles. The Balaban J connectivity index is 3.75. The summed E-state index contributed by atoms with van der Waals surface area (Å²) in [5.41, 5.74) is 5.23. The molecule has 76 valence electrons. The van der Waals surface area contributed by atoms with Crippen molar-refractivity contribution in [3.63, 3.8) is 0 Å². The van der Waals surface area contributed by atoms with Gasteiger partial charge in [-0.15, -0.1) is 0 Å². The maximum atomic E-state index is 5.23. The molecular formula is C10H19NS2. The average Bonchev–Trinajstić information content (AvgIpc) is 2.10. The van der Waals surface area contributed by atoms with Crippen molar-refractivity contribution in [2.24, 2.45) is 5.73 Å². The fraction of sp³-hybridized carbons (Fsp3) is 0.600. The van der Waals surface area contributed by atoms with Gasteiger partial charge in [-0.2, -0.15) is 0 Å². The van der Waals surface area contributed by atoms with Crippen LogP contribution in [0.1, 0.15) is 27.2 Å². The Morgan fingerprint density at radius 3 is 2.38 bits per heavy atom. The third-order valence-electron chi connectivity index (χ3n) is 1.32. The summed E-state index contributed by atoms with van der Waals surface area (Å²) in [6.07, 6.45) is 8.80. The SMILES string of the molecule is CCC(/C=C\C=C/N)SSC(C)C. The lowest BCUT2D eigenvalue weighted by Gasteiger charge is -2.10. The minimum atomic E-state index is 0.601. The molecule has 0 bridgehead atoms. The normalized spacial score (nSPS) is 14.8. The quantitative estimate of drug-likeness (QED) is 0.544. The van der Waals surface area contributed by atoms with Crippen LogP contribution in [0.15, 0.2) is 24.4 Å². The van der Waals surface area contributed by atoms with Crippen molar-refractivity contribution in [3.05, 3.63) is 24.4 Å². The summed E-state index contributed by atoms with van der Waals surface area (Å²) in [4.78, 5) is 0. The molecule has 1 nitrogen and oxygen atoms in total. The van der Waals surface area contributed by atoms with Crippen molar-refractivity contribution in [2.45, 2.75) is 37.7 Å². The van der Waals surface area contributed by atoms with Gasteiger partial charge in [-0.25, -0.2) is 0 Å². The van der Waals surface area contributed by atoms with Crippen LogP contribution in [0.4, 0.5) is 0 Å². The summed E-state index contributed by atoms with van der Waals surface area (Å²) in [6.45, 7) is 6.64. The third-order valence-corrected chi connectivity index (χ3v) is 4.79. The molecule has 0 spiro atoms. The molecule has 0 aliphatic heterocycles. The van der Waals surface area contributed by atoms with Gasteiger partial charge in [0.2, 0.25) is 0 Å². The maximum Gasteiger partial charge on any atom is 0.0331 e. The van der Waals surface area contributed by atoms with Gasteiger partial charge in [0.25, 0.3) is 0 Å². The second-order valence-electron chi connectivity index (χ2n) is 2.96. The monoisotopic (exact) mass is 217 g/mol. The van der Waals surface area contributed by atoms with E-state index in [1.165, 1.54) is 6.42 Å². The molecule has 0 aliphatic rings. The van der Waals surface area contributed by atoms with Crippen molar-refractivity contribution in [1.82, 2.24) is 0 Å². The van der Waals surface area contributed by atoms with Crippen molar-refractivity contribution in [2.75, 3.05) is 0 Å². The second kappa shape index (κ2) is 8.57. The number of allylic oxidation sites excluding steroid dienone is 2. The van der Waals surface area contributed by atoms with E-state index in [4.69, 9.17) is 5.73 Å². The first-order chi connectivity index (χ1) is 6.20. The molecule has 0 heterocycles. The zero-order valence-corrected chi connectivity index (χ0v) is 10.2. The van der Waals surface area contributed by atoms with Crippen molar-refractivity contribution in [3.8, 4) is 0 Å². The Bertz CT molecular complexity index is 164. The molecule has 0 radical (unpaired) electrons. The van der Waals surface area contributed by atoms with Crippen molar-refractivity contribution in [1.29, 1.82) is 0 Å². The van der Waals surface area contributed by atoms with Crippen LogP contribution in [0.5, 0.6) is 0 Å². The highest BCUT2D eigenvalue weighted by atomic mass is 33.1. The zero-order valence-electron chi connectivity index (χ0n) is 8.57. The molecule has 3 heteroatoms. The predicted octanol–water partition coefficient (Wildman–Crippen LogP) is 3.58. The number of nitrogens with two attached hydrogens (primary N) is 1. The van der Waals surface area contributed by atoms with Gasteiger partial charge in [0.15, 0.2) is 0 Å². The minimum absolute atomic E-state index is 0.601. The first-order valence-corrected chi connectivity index (χ1v) is 6.85. The summed E-state index contributed by atoms with van der Waals surface area (Å²) in [5.74, 6) is 0. The Kier molecular flexibility index (Phi) is 8.56. The Hall–Kier alpha value is -0.0200. The molecular weight excluding hydrogens is 198 g/mol. The van der Waals surface area contributed by atoms with Crippen LogP contribution >= 0.6 is 21.6 Å². The second-order valence-corrected chi connectivity index (χ2v) is 6.05. The summed E-state index contributed by atoms with van der Waals surface area (Å²) in [6, 6.07) is 0. The molecule has 0 saturated heterocycles. The fourth-order valence-electron chi connectivity index (χ4n) is 0.671. The van der Waals surface area contributed by atoms with E-state index in [2.05, 4.69) is 26.8 Å². The molecule has 0 aromatic carbocycles. The summed E-state index contributed by atoms with van der Waals surface area (Å²) in [7, 11) is 3.87. The smallest absolute Gasteiger partial charge is 0.0331 e. The molecule has 0 saturated carbocycles. The first-order valence-electron chi connectivity index (χ1n) is 4.57. The van der Waals surface area contributed by atoms with E-state index < -0.39 is 0 Å². The van der Waals surface area contributed by atoms with Gasteiger partial charge >= 0.3 is 0 Å². The van der Waals surface area contributed by atoms with Gasteiger partial charge < -0.3 is 5.73 Å². The molecule has 2 N–H and O–H groups in total. The number of rotatable bonds is 6. The molecule has 0 fully saturated rings. The standard InChI is InChI=1S/C10H19NS2/c1-4-10(7-5-6-8-11)13-12-9(2)3/h5-10H,4,11H2,1-3H3/b7-5-,8-6-. The summed E-state index contributed by atoms with van der Waals surface area (Å²) in [5, 5.41) is 1.29. The van der Waals surface area contributed by atoms with E-state index in [9.17, 15) is 0 Å². The van der Waals surface area contributed by atoms with Crippen LogP contribution in [-0.4, -0.2) is 10.5 Å². The number of hydrogen-bond acceptors (Lipinski definition) is 3. The number of hydrogen-bond donors (Lipinski definition) is 1. The fourth-order valence-corrected chi connectivity index (χ4v) is 3.02. The lowest BCUT2D eigenvalue weighted by atomic mass is 10.3. The zero-order chi connectivity index (χ0) is 10.1. The highest BCUT2D eigenvalue weighted by molar-refractivity contribution is 8.77. The van der Waals surface area contributed by atoms with E-state index in [1.807, 2.05) is 33.7 Å². The highest BCUT2D eigenvalue weighted by Gasteiger charge is 2.03. The van der Waals surface area contributed by atoms with Gasteiger partial charge in [-0.3, -0.25) is 0 Å². The molecule has 0 rings (SSSR count). The van der Waals surface area contributed by atoms with E-state index in [0.29, 0.717) is 10.5 Å². The van der Waals surface area contributed by atoms with Gasteiger partial charge in [0.05, 0.1) is 0 Å². The molecule has 13 heavy (non-hydrogen) atoms.